The van der Waals surface area contributed by atoms with Gasteiger partial charge in [0.2, 0.25) is 0 Å². The molecule has 0 saturated heterocycles. The van der Waals surface area contributed by atoms with Crippen LogP contribution in [0.2, 0.25) is 0 Å². The highest BCUT2D eigenvalue weighted by Crippen LogP contribution is 2.35. The number of aromatic amines is 1. The summed E-state index contributed by atoms with van der Waals surface area (Å²) in [4.78, 5) is 7.47. The third-order valence-corrected chi connectivity index (χ3v) is 5.51. The zero-order chi connectivity index (χ0) is 17.3. The lowest BCUT2D eigenvalue weighted by molar-refractivity contribution is 0.198. The van der Waals surface area contributed by atoms with E-state index in [2.05, 4.69) is 71.6 Å². The smallest absolute Gasteiger partial charge is 0.0931 e. The maximum absolute atomic E-state index is 4.28. The van der Waals surface area contributed by atoms with Crippen LogP contribution in [-0.2, 0) is 6.54 Å². The molecule has 1 saturated carbocycles. The number of hydrogen-bond acceptors (Lipinski definition) is 2. The summed E-state index contributed by atoms with van der Waals surface area (Å²) in [5.74, 6) is 0. The summed E-state index contributed by atoms with van der Waals surface area (Å²) in [5.41, 5.74) is 6.42. The van der Waals surface area contributed by atoms with Gasteiger partial charge in [-0.3, -0.25) is 0 Å². The molecule has 1 atom stereocenters. The predicted octanol–water partition coefficient (Wildman–Crippen LogP) is 5.29. The molecule has 0 bridgehead atoms. The number of imidazole rings is 1. The highest BCUT2D eigenvalue weighted by Gasteiger charge is 2.27. The number of nitrogens with one attached hydrogen (secondary N) is 2. The second-order valence-corrected chi connectivity index (χ2v) is 8.17. The Bertz CT molecular complexity index is 845. The van der Waals surface area contributed by atoms with Crippen molar-refractivity contribution in [3.8, 4) is 11.1 Å². The summed E-state index contributed by atoms with van der Waals surface area (Å²) in [6.45, 7) is 5.75. The van der Waals surface area contributed by atoms with Crippen LogP contribution in [0.15, 0.2) is 48.8 Å². The molecule has 3 nitrogen and oxygen atoms in total. The molecule has 1 aromatic heterocycles. The van der Waals surface area contributed by atoms with Crippen LogP contribution in [0.4, 0.5) is 0 Å². The summed E-state index contributed by atoms with van der Waals surface area (Å²) in [5, 5.41) is 3.76. The lowest BCUT2D eigenvalue weighted by Crippen LogP contribution is -2.36. The van der Waals surface area contributed by atoms with Crippen molar-refractivity contribution in [2.45, 2.75) is 52.1 Å². The Morgan fingerprint density at radius 1 is 1.12 bits per heavy atom. The van der Waals surface area contributed by atoms with E-state index in [0.717, 1.165) is 17.6 Å². The van der Waals surface area contributed by atoms with Gasteiger partial charge in [-0.15, -0.1) is 0 Å². The number of fused-ring (bicyclic) bond motifs is 1. The normalized spacial score (nSPS) is 20.0. The molecular formula is C22H27N3. The number of nitrogens with zero attached hydrogens (tertiary/aromatic N) is 1. The predicted molar refractivity (Wildman–Crippen MR) is 104 cm³/mol. The van der Waals surface area contributed by atoms with Crippen LogP contribution in [0.3, 0.4) is 0 Å². The maximum atomic E-state index is 4.28. The second-order valence-electron chi connectivity index (χ2n) is 8.17. The van der Waals surface area contributed by atoms with E-state index in [9.17, 15) is 0 Å². The highest BCUT2D eigenvalue weighted by atomic mass is 14.9. The second kappa shape index (κ2) is 6.64. The first-order valence-electron chi connectivity index (χ1n) is 9.35. The minimum Gasteiger partial charge on any atom is -0.345 e. The van der Waals surface area contributed by atoms with E-state index in [1.807, 2.05) is 0 Å². The Morgan fingerprint density at radius 2 is 1.92 bits per heavy atom. The van der Waals surface area contributed by atoms with Crippen molar-refractivity contribution in [2.24, 2.45) is 5.41 Å². The van der Waals surface area contributed by atoms with E-state index in [1.54, 1.807) is 6.33 Å². The zero-order valence-electron chi connectivity index (χ0n) is 15.2. The molecule has 0 unspecified atom stereocenters. The summed E-state index contributed by atoms with van der Waals surface area (Å²) < 4.78 is 0. The topological polar surface area (TPSA) is 40.7 Å². The van der Waals surface area contributed by atoms with Crippen LogP contribution in [0.25, 0.3) is 22.2 Å². The van der Waals surface area contributed by atoms with E-state index < -0.39 is 0 Å². The first-order valence-corrected chi connectivity index (χ1v) is 9.35. The van der Waals surface area contributed by atoms with Gasteiger partial charge in [-0.25, -0.2) is 4.98 Å². The van der Waals surface area contributed by atoms with Gasteiger partial charge in [-0.2, -0.15) is 0 Å². The molecule has 3 aromatic rings. The molecule has 2 N–H and O–H groups in total. The van der Waals surface area contributed by atoms with E-state index >= 15 is 0 Å². The number of aromatic nitrogens is 2. The Balaban J connectivity index is 1.41. The van der Waals surface area contributed by atoms with E-state index in [4.69, 9.17) is 0 Å². The first kappa shape index (κ1) is 16.3. The van der Waals surface area contributed by atoms with Crippen molar-refractivity contribution in [3.63, 3.8) is 0 Å². The third kappa shape index (κ3) is 3.77. The summed E-state index contributed by atoms with van der Waals surface area (Å²) >= 11 is 0. The number of hydrogen-bond donors (Lipinski definition) is 2. The van der Waals surface area contributed by atoms with Gasteiger partial charge in [0.05, 0.1) is 17.4 Å². The number of rotatable bonds is 4. The van der Waals surface area contributed by atoms with Crippen LogP contribution in [0.5, 0.6) is 0 Å². The Hall–Kier alpha value is -2.13. The molecule has 1 fully saturated rings. The van der Waals surface area contributed by atoms with Crippen molar-refractivity contribution >= 4 is 11.0 Å². The van der Waals surface area contributed by atoms with Crippen molar-refractivity contribution in [1.29, 1.82) is 0 Å². The van der Waals surface area contributed by atoms with Gasteiger partial charge in [-0.1, -0.05) is 50.6 Å². The lowest BCUT2D eigenvalue weighted by Gasteiger charge is -2.35. The molecule has 0 aliphatic heterocycles. The molecule has 0 amide bonds. The van der Waals surface area contributed by atoms with E-state index in [-0.39, 0.29) is 0 Å². The SMILES string of the molecule is CC1(C)CCC[C@H](NCc2ccc(-c3ccc4nc[nH]c4c3)cc2)C1. The molecule has 1 aliphatic rings. The number of benzene rings is 2. The molecule has 1 heterocycles. The van der Waals surface area contributed by atoms with E-state index in [1.165, 1.54) is 42.4 Å². The highest BCUT2D eigenvalue weighted by molar-refractivity contribution is 5.81. The Morgan fingerprint density at radius 3 is 2.72 bits per heavy atom. The summed E-state index contributed by atoms with van der Waals surface area (Å²) in [6.07, 6.45) is 7.05. The Labute approximate surface area is 149 Å². The largest absolute Gasteiger partial charge is 0.345 e. The fourth-order valence-electron chi connectivity index (χ4n) is 4.06. The zero-order valence-corrected chi connectivity index (χ0v) is 15.2. The molecule has 130 valence electrons. The van der Waals surface area contributed by atoms with Gasteiger partial charge in [-0.05, 0) is 53.5 Å². The minimum absolute atomic E-state index is 0.491. The molecule has 4 rings (SSSR count). The molecule has 1 aliphatic carbocycles. The quantitative estimate of drug-likeness (QED) is 0.681. The van der Waals surface area contributed by atoms with Crippen LogP contribution in [0, 0.1) is 5.41 Å². The molecule has 3 heteroatoms. The van der Waals surface area contributed by atoms with Gasteiger partial charge in [0.1, 0.15) is 0 Å². The van der Waals surface area contributed by atoms with Gasteiger partial charge in [0, 0.05) is 12.6 Å². The lowest BCUT2D eigenvalue weighted by atomic mass is 9.75. The average Bonchev–Trinajstić information content (AvgIpc) is 3.07. The van der Waals surface area contributed by atoms with Crippen LogP contribution >= 0.6 is 0 Å². The van der Waals surface area contributed by atoms with E-state index in [0.29, 0.717) is 11.5 Å². The average molecular weight is 333 g/mol. The van der Waals surface area contributed by atoms with Crippen molar-refractivity contribution in [2.75, 3.05) is 0 Å². The molecule has 0 radical (unpaired) electrons. The first-order chi connectivity index (χ1) is 12.1. The molecule has 25 heavy (non-hydrogen) atoms. The van der Waals surface area contributed by atoms with Gasteiger partial charge >= 0.3 is 0 Å². The standard InChI is InChI=1S/C22H27N3/c1-22(2)11-3-4-19(13-22)23-14-16-5-7-17(8-6-16)18-9-10-20-21(12-18)25-15-24-20/h5-10,12,15,19,23H,3-4,11,13-14H2,1-2H3,(H,24,25)/t19-/m0/s1. The monoisotopic (exact) mass is 333 g/mol. The van der Waals surface area contributed by atoms with Gasteiger partial charge in [0.15, 0.2) is 0 Å². The fraction of sp³-hybridized carbons (Fsp3) is 0.409. The minimum atomic E-state index is 0.491. The van der Waals surface area contributed by atoms with Crippen LogP contribution in [-0.4, -0.2) is 16.0 Å². The Kier molecular flexibility index (Phi) is 4.34. The third-order valence-electron chi connectivity index (χ3n) is 5.51. The maximum Gasteiger partial charge on any atom is 0.0931 e. The van der Waals surface area contributed by atoms with Crippen molar-refractivity contribution in [3.05, 3.63) is 54.4 Å². The number of H-pyrrole nitrogens is 1. The van der Waals surface area contributed by atoms with Crippen molar-refractivity contribution in [1.82, 2.24) is 15.3 Å². The van der Waals surface area contributed by atoms with Gasteiger partial charge < -0.3 is 10.3 Å². The van der Waals surface area contributed by atoms with Crippen molar-refractivity contribution < 1.29 is 0 Å². The van der Waals surface area contributed by atoms with Crippen LogP contribution < -0.4 is 5.32 Å². The van der Waals surface area contributed by atoms with Gasteiger partial charge in [0.25, 0.3) is 0 Å². The fourth-order valence-corrected chi connectivity index (χ4v) is 4.06. The summed E-state index contributed by atoms with van der Waals surface area (Å²) in [6, 6.07) is 16.0. The van der Waals surface area contributed by atoms with Crippen LogP contribution in [0.1, 0.15) is 45.1 Å². The molecule has 0 spiro atoms. The summed E-state index contributed by atoms with van der Waals surface area (Å²) in [7, 11) is 0. The molecular weight excluding hydrogens is 306 g/mol. The molecule has 2 aromatic carbocycles.